The number of halogens is 2. The highest BCUT2D eigenvalue weighted by Gasteiger charge is 2.51. The summed E-state index contributed by atoms with van der Waals surface area (Å²) in [6.45, 7) is -0.877. The van der Waals surface area contributed by atoms with Crippen molar-refractivity contribution < 1.29 is 27.8 Å². The number of nitrogens with one attached hydrogen (secondary N) is 1. The first kappa shape index (κ1) is 24.9. The van der Waals surface area contributed by atoms with E-state index in [2.05, 4.69) is 5.32 Å². The van der Waals surface area contributed by atoms with Crippen molar-refractivity contribution in [3.63, 3.8) is 0 Å². The number of β-amino-alcohol motifs (C(OH)–C–C–N with tert-alkyl or cyclic N) is 1. The fourth-order valence-electron chi connectivity index (χ4n) is 3.49. The van der Waals surface area contributed by atoms with Crippen LogP contribution in [0.5, 0.6) is 5.75 Å². The molecule has 0 aromatic heterocycles. The Bertz CT molecular complexity index is 1230. The largest absolute Gasteiger partial charge is 0.486 e. The van der Waals surface area contributed by atoms with Gasteiger partial charge in [0, 0.05) is 30.7 Å². The molecule has 3 rings (SSSR count). The molecule has 0 unspecified atom stereocenters. The van der Waals surface area contributed by atoms with Crippen molar-refractivity contribution in [3.8, 4) is 17.9 Å². The van der Waals surface area contributed by atoms with E-state index in [1.54, 1.807) is 12.1 Å². The second-order valence-corrected chi connectivity index (χ2v) is 9.76. The van der Waals surface area contributed by atoms with Crippen LogP contribution in [0, 0.1) is 28.5 Å². The van der Waals surface area contributed by atoms with E-state index in [0.717, 1.165) is 10.4 Å². The minimum absolute atomic E-state index is 0.000498. The van der Waals surface area contributed by atoms with Gasteiger partial charge < -0.3 is 20.3 Å². The number of sulfonamides is 1. The van der Waals surface area contributed by atoms with Gasteiger partial charge in [-0.2, -0.15) is 14.8 Å². The Balaban J connectivity index is 1.94. The molecule has 1 fully saturated rings. The average molecular weight is 495 g/mol. The Labute approximate surface area is 195 Å². The Hall–Kier alpha value is -2.77. The van der Waals surface area contributed by atoms with Gasteiger partial charge in [0.25, 0.3) is 0 Å². The van der Waals surface area contributed by atoms with Crippen molar-refractivity contribution in [2.75, 3.05) is 32.8 Å². The summed E-state index contributed by atoms with van der Waals surface area (Å²) in [5.74, 6) is -0.820. The molecule has 0 amide bonds. The number of rotatable bonds is 8. The molecule has 2 aromatic carbocycles. The van der Waals surface area contributed by atoms with Crippen molar-refractivity contribution in [2.24, 2.45) is 0 Å². The van der Waals surface area contributed by atoms with Crippen molar-refractivity contribution in [1.29, 1.82) is 10.5 Å². The van der Waals surface area contributed by atoms with E-state index in [1.165, 1.54) is 30.3 Å². The maximum Gasteiger partial charge on any atom is 0.244 e. The van der Waals surface area contributed by atoms with Gasteiger partial charge in [-0.1, -0.05) is 11.6 Å². The summed E-state index contributed by atoms with van der Waals surface area (Å²) in [5.41, 5.74) is -2.08. The molecule has 1 aliphatic rings. The van der Waals surface area contributed by atoms with Crippen LogP contribution in [-0.2, 0) is 10.0 Å². The molecular weight excluding hydrogens is 475 g/mol. The Morgan fingerprint density at radius 3 is 2.61 bits per heavy atom. The van der Waals surface area contributed by atoms with Crippen LogP contribution in [-0.4, -0.2) is 67.4 Å². The predicted molar refractivity (Wildman–Crippen MR) is 115 cm³/mol. The standard InChI is InChI=1S/C21H20ClFN4O5S/c22-16-2-4-19(15(7-16)10-25)33(30,31)27-11-20(21(29,13-27)12-26-5-6-28)32-17-3-1-14(9-24)18(23)8-17/h1-4,7-8,20,26,28-29H,5-6,11-13H2/t20-,21+/m0/s1. The quantitative estimate of drug-likeness (QED) is 0.460. The zero-order valence-corrected chi connectivity index (χ0v) is 18.8. The average Bonchev–Trinajstić information content (AvgIpc) is 3.10. The van der Waals surface area contributed by atoms with Crippen molar-refractivity contribution in [2.45, 2.75) is 16.6 Å². The van der Waals surface area contributed by atoms with E-state index >= 15 is 0 Å². The van der Waals surface area contributed by atoms with Crippen LogP contribution in [0.2, 0.25) is 5.02 Å². The number of nitrogens with zero attached hydrogens (tertiary/aromatic N) is 3. The summed E-state index contributed by atoms with van der Waals surface area (Å²) in [4.78, 5) is -0.273. The highest BCUT2D eigenvalue weighted by atomic mass is 35.5. The fourth-order valence-corrected chi connectivity index (χ4v) is 5.29. The lowest BCUT2D eigenvalue weighted by molar-refractivity contribution is -0.0266. The van der Waals surface area contributed by atoms with Crippen molar-refractivity contribution >= 4 is 21.6 Å². The minimum atomic E-state index is -4.23. The molecule has 3 N–H and O–H groups in total. The number of ether oxygens (including phenoxy) is 1. The molecule has 0 saturated carbocycles. The first-order chi connectivity index (χ1) is 15.6. The van der Waals surface area contributed by atoms with Crippen LogP contribution in [0.25, 0.3) is 0 Å². The van der Waals surface area contributed by atoms with Gasteiger partial charge in [-0.25, -0.2) is 12.8 Å². The molecule has 2 atom stereocenters. The van der Waals surface area contributed by atoms with E-state index < -0.39 is 27.5 Å². The molecule has 0 spiro atoms. The summed E-state index contributed by atoms with van der Waals surface area (Å²) in [5, 5.41) is 41.5. The van der Waals surface area contributed by atoms with E-state index in [9.17, 15) is 23.2 Å². The van der Waals surface area contributed by atoms with Gasteiger partial charge in [0.1, 0.15) is 40.3 Å². The second kappa shape index (κ2) is 10.0. The zero-order valence-electron chi connectivity index (χ0n) is 17.2. The Kier molecular flexibility index (Phi) is 7.55. The lowest BCUT2D eigenvalue weighted by Gasteiger charge is -2.29. The summed E-state index contributed by atoms with van der Waals surface area (Å²) in [7, 11) is -4.23. The molecule has 33 heavy (non-hydrogen) atoms. The monoisotopic (exact) mass is 494 g/mol. The van der Waals surface area contributed by atoms with Gasteiger partial charge in [0.05, 0.1) is 24.3 Å². The maximum atomic E-state index is 14.0. The summed E-state index contributed by atoms with van der Waals surface area (Å²) < 4.78 is 47.3. The fraction of sp³-hybridized carbons (Fsp3) is 0.333. The summed E-state index contributed by atoms with van der Waals surface area (Å²) in [6.07, 6.45) is -1.12. The zero-order chi connectivity index (χ0) is 24.2. The summed E-state index contributed by atoms with van der Waals surface area (Å²) >= 11 is 5.87. The van der Waals surface area contributed by atoms with Crippen LogP contribution in [0.4, 0.5) is 4.39 Å². The molecule has 0 bridgehead atoms. The molecule has 1 saturated heterocycles. The van der Waals surface area contributed by atoms with Gasteiger partial charge in [0.15, 0.2) is 0 Å². The first-order valence-electron chi connectivity index (χ1n) is 9.74. The number of hydrogen-bond acceptors (Lipinski definition) is 8. The second-order valence-electron chi connectivity index (χ2n) is 7.41. The van der Waals surface area contributed by atoms with E-state index in [1.807, 2.05) is 0 Å². The molecule has 9 nitrogen and oxygen atoms in total. The van der Waals surface area contributed by atoms with Crippen molar-refractivity contribution in [1.82, 2.24) is 9.62 Å². The third-order valence-electron chi connectivity index (χ3n) is 5.16. The number of hydrogen-bond donors (Lipinski definition) is 3. The molecule has 0 radical (unpaired) electrons. The molecule has 174 valence electrons. The molecule has 12 heteroatoms. The van der Waals surface area contributed by atoms with Crippen LogP contribution >= 0.6 is 11.6 Å². The third-order valence-corrected chi connectivity index (χ3v) is 7.26. The van der Waals surface area contributed by atoms with Crippen LogP contribution < -0.4 is 10.1 Å². The predicted octanol–water partition coefficient (Wildman–Crippen LogP) is 0.987. The number of nitriles is 2. The minimum Gasteiger partial charge on any atom is -0.486 e. The lowest BCUT2D eigenvalue weighted by Crippen LogP contribution is -2.52. The molecule has 2 aromatic rings. The topological polar surface area (TPSA) is 147 Å². The Morgan fingerprint density at radius 2 is 1.97 bits per heavy atom. The number of benzene rings is 2. The SMILES string of the molecule is N#Cc1ccc(O[C@H]2CN(S(=O)(=O)c3ccc(Cl)cc3C#N)C[C@]2(O)CNCCO)cc1F. The van der Waals surface area contributed by atoms with Gasteiger partial charge in [-0.3, -0.25) is 0 Å². The van der Waals surface area contributed by atoms with E-state index in [-0.39, 0.29) is 59.6 Å². The van der Waals surface area contributed by atoms with Gasteiger partial charge in [-0.05, 0) is 30.3 Å². The first-order valence-corrected chi connectivity index (χ1v) is 11.6. The van der Waals surface area contributed by atoms with Crippen molar-refractivity contribution in [3.05, 3.63) is 58.4 Å². The number of aliphatic hydroxyl groups is 2. The van der Waals surface area contributed by atoms with Gasteiger partial charge >= 0.3 is 0 Å². The smallest absolute Gasteiger partial charge is 0.244 e. The maximum absolute atomic E-state index is 14.0. The molecule has 1 heterocycles. The lowest BCUT2D eigenvalue weighted by atomic mass is 10.00. The highest BCUT2D eigenvalue weighted by molar-refractivity contribution is 7.89. The normalized spacial score (nSPS) is 20.8. The summed E-state index contributed by atoms with van der Waals surface area (Å²) in [6, 6.07) is 10.8. The third kappa shape index (κ3) is 5.25. The van der Waals surface area contributed by atoms with Gasteiger partial charge in [-0.15, -0.1) is 0 Å². The highest BCUT2D eigenvalue weighted by Crippen LogP contribution is 2.32. The molecule has 1 aliphatic heterocycles. The van der Waals surface area contributed by atoms with E-state index in [4.69, 9.17) is 26.7 Å². The van der Waals surface area contributed by atoms with Crippen LogP contribution in [0.1, 0.15) is 11.1 Å². The van der Waals surface area contributed by atoms with E-state index in [0.29, 0.717) is 0 Å². The van der Waals surface area contributed by atoms with Crippen LogP contribution in [0.15, 0.2) is 41.3 Å². The Morgan fingerprint density at radius 1 is 1.24 bits per heavy atom. The molecular formula is C21H20ClFN4O5S. The number of aliphatic hydroxyl groups excluding tert-OH is 1. The van der Waals surface area contributed by atoms with Gasteiger partial charge in [0.2, 0.25) is 10.0 Å². The molecule has 0 aliphatic carbocycles. The van der Waals surface area contributed by atoms with Crippen LogP contribution in [0.3, 0.4) is 0 Å².